The molecule has 0 aromatic carbocycles. The van der Waals surface area contributed by atoms with Crippen LogP contribution in [0.5, 0.6) is 0 Å². The van der Waals surface area contributed by atoms with Gasteiger partial charge in [-0.25, -0.2) is 0 Å². The third kappa shape index (κ3) is 5.53. The smallest absolute Gasteiger partial charge is 0.0555 e. The Morgan fingerprint density at radius 2 is 1.53 bits per heavy atom. The van der Waals surface area contributed by atoms with Gasteiger partial charge in [0.25, 0.3) is 0 Å². The molecule has 2 nitrogen and oxygen atoms in total. The van der Waals surface area contributed by atoms with Crippen LogP contribution in [-0.2, 0) is 0 Å². The average molecular weight is 215 g/mol. The molecule has 0 aromatic heterocycles. The number of aliphatic hydroxyl groups excluding tert-OH is 1. The third-order valence-electron chi connectivity index (χ3n) is 3.05. The second kappa shape index (κ2) is 7.24. The maximum absolute atomic E-state index is 9.75. The normalized spacial score (nSPS) is 14.6. The fourth-order valence-electron chi connectivity index (χ4n) is 2.11. The molecule has 0 fully saturated rings. The van der Waals surface area contributed by atoms with E-state index in [0.29, 0.717) is 0 Å². The van der Waals surface area contributed by atoms with E-state index in [4.69, 9.17) is 0 Å². The summed E-state index contributed by atoms with van der Waals surface area (Å²) < 4.78 is 0. The first kappa shape index (κ1) is 14.9. The molecular formula is C13H29NO. The van der Waals surface area contributed by atoms with Crippen molar-refractivity contribution >= 4 is 0 Å². The molecule has 92 valence electrons. The predicted molar refractivity (Wildman–Crippen MR) is 67.1 cm³/mol. The first-order valence-electron chi connectivity index (χ1n) is 6.41. The van der Waals surface area contributed by atoms with Crippen LogP contribution >= 0.6 is 0 Å². The summed E-state index contributed by atoms with van der Waals surface area (Å²) >= 11 is 0. The summed E-state index contributed by atoms with van der Waals surface area (Å²) in [5.41, 5.74) is 0.126. The summed E-state index contributed by atoms with van der Waals surface area (Å²) in [6, 6.07) is 0. The minimum absolute atomic E-state index is 0.126. The second-order valence-electron chi connectivity index (χ2n) is 5.07. The van der Waals surface area contributed by atoms with Gasteiger partial charge in [0, 0.05) is 5.54 Å². The molecule has 0 saturated carbocycles. The molecule has 0 radical (unpaired) electrons. The Labute approximate surface area is 95.7 Å². The van der Waals surface area contributed by atoms with Gasteiger partial charge < -0.3 is 5.11 Å². The van der Waals surface area contributed by atoms with Crippen molar-refractivity contribution in [2.45, 2.75) is 71.9 Å². The highest BCUT2D eigenvalue weighted by atomic mass is 16.3. The maximum Gasteiger partial charge on any atom is 0.0555 e. The van der Waals surface area contributed by atoms with Crippen molar-refractivity contribution in [3.63, 3.8) is 0 Å². The quantitative estimate of drug-likeness (QED) is 0.672. The van der Waals surface area contributed by atoms with Gasteiger partial charge in [-0.3, -0.25) is 4.90 Å². The van der Waals surface area contributed by atoms with Crippen LogP contribution in [0.3, 0.4) is 0 Å². The van der Waals surface area contributed by atoms with E-state index in [1.54, 1.807) is 0 Å². The van der Waals surface area contributed by atoms with Crippen LogP contribution in [0, 0.1) is 0 Å². The fourth-order valence-corrected chi connectivity index (χ4v) is 2.11. The molecule has 1 atom stereocenters. The standard InChI is InChI=1S/C13H29NO/c1-6-9-14(10-7-2)13(4,5)11-12(15)8-3/h12,15H,6-11H2,1-5H3. The van der Waals surface area contributed by atoms with Gasteiger partial charge in [0.15, 0.2) is 0 Å². The second-order valence-corrected chi connectivity index (χ2v) is 5.07. The van der Waals surface area contributed by atoms with E-state index in [1.165, 1.54) is 12.8 Å². The summed E-state index contributed by atoms with van der Waals surface area (Å²) in [7, 11) is 0. The minimum atomic E-state index is -0.156. The minimum Gasteiger partial charge on any atom is -0.393 e. The molecule has 1 N–H and O–H groups in total. The molecule has 0 bridgehead atoms. The Hall–Kier alpha value is -0.0800. The molecule has 0 aliphatic rings. The molecule has 15 heavy (non-hydrogen) atoms. The molecule has 0 aliphatic carbocycles. The van der Waals surface area contributed by atoms with Gasteiger partial charge in [0.05, 0.1) is 6.10 Å². The van der Waals surface area contributed by atoms with E-state index in [-0.39, 0.29) is 11.6 Å². The highest BCUT2D eigenvalue weighted by Crippen LogP contribution is 2.22. The molecule has 0 aliphatic heterocycles. The van der Waals surface area contributed by atoms with E-state index in [2.05, 4.69) is 32.6 Å². The Balaban J connectivity index is 4.33. The highest BCUT2D eigenvalue weighted by molar-refractivity contribution is 4.83. The predicted octanol–water partition coefficient (Wildman–Crippen LogP) is 3.05. The van der Waals surface area contributed by atoms with E-state index < -0.39 is 0 Å². The zero-order valence-electron chi connectivity index (χ0n) is 11.2. The molecule has 0 saturated heterocycles. The highest BCUT2D eigenvalue weighted by Gasteiger charge is 2.27. The molecule has 0 heterocycles. The molecule has 0 rings (SSSR count). The van der Waals surface area contributed by atoms with Crippen LogP contribution in [0.1, 0.15) is 60.3 Å². The first-order chi connectivity index (χ1) is 6.97. The Bertz CT molecular complexity index is 151. The van der Waals surface area contributed by atoms with Crippen LogP contribution < -0.4 is 0 Å². The van der Waals surface area contributed by atoms with Gasteiger partial charge in [0.1, 0.15) is 0 Å². The topological polar surface area (TPSA) is 23.5 Å². The Morgan fingerprint density at radius 1 is 1.07 bits per heavy atom. The monoisotopic (exact) mass is 215 g/mol. The molecule has 0 amide bonds. The van der Waals surface area contributed by atoms with Crippen LogP contribution in [0.25, 0.3) is 0 Å². The van der Waals surface area contributed by atoms with E-state index >= 15 is 0 Å². The summed E-state index contributed by atoms with van der Waals surface area (Å²) in [6.07, 6.45) is 3.95. The molecule has 0 spiro atoms. The van der Waals surface area contributed by atoms with Crippen molar-refractivity contribution < 1.29 is 5.11 Å². The zero-order chi connectivity index (χ0) is 11.9. The lowest BCUT2D eigenvalue weighted by Crippen LogP contribution is -2.46. The maximum atomic E-state index is 9.75. The summed E-state index contributed by atoms with van der Waals surface area (Å²) in [5.74, 6) is 0. The van der Waals surface area contributed by atoms with Crippen LogP contribution in [-0.4, -0.2) is 34.7 Å². The number of hydrogen-bond donors (Lipinski definition) is 1. The van der Waals surface area contributed by atoms with Crippen molar-refractivity contribution in [2.24, 2.45) is 0 Å². The number of rotatable bonds is 8. The van der Waals surface area contributed by atoms with Gasteiger partial charge >= 0.3 is 0 Å². The summed E-state index contributed by atoms with van der Waals surface area (Å²) in [5, 5.41) is 9.75. The van der Waals surface area contributed by atoms with Crippen molar-refractivity contribution in [2.75, 3.05) is 13.1 Å². The van der Waals surface area contributed by atoms with Crippen molar-refractivity contribution in [1.82, 2.24) is 4.90 Å². The SMILES string of the molecule is CCCN(CCC)C(C)(C)CC(O)CC. The number of aliphatic hydroxyl groups is 1. The first-order valence-corrected chi connectivity index (χ1v) is 6.41. The fraction of sp³-hybridized carbons (Fsp3) is 1.00. The van der Waals surface area contributed by atoms with Gasteiger partial charge in [-0.05, 0) is 52.6 Å². The van der Waals surface area contributed by atoms with E-state index in [9.17, 15) is 5.11 Å². The Kier molecular flexibility index (Phi) is 7.20. The molecule has 0 aromatic rings. The number of hydrogen-bond acceptors (Lipinski definition) is 2. The average Bonchev–Trinajstić information content (AvgIpc) is 2.16. The number of nitrogens with zero attached hydrogens (tertiary/aromatic N) is 1. The van der Waals surface area contributed by atoms with Crippen LogP contribution in [0.2, 0.25) is 0 Å². The lowest BCUT2D eigenvalue weighted by molar-refractivity contribution is 0.0499. The van der Waals surface area contributed by atoms with Crippen molar-refractivity contribution in [3.05, 3.63) is 0 Å². The van der Waals surface area contributed by atoms with Crippen LogP contribution in [0.15, 0.2) is 0 Å². The van der Waals surface area contributed by atoms with Gasteiger partial charge in [0.2, 0.25) is 0 Å². The van der Waals surface area contributed by atoms with E-state index in [1.807, 2.05) is 6.92 Å². The largest absolute Gasteiger partial charge is 0.393 e. The van der Waals surface area contributed by atoms with Crippen LogP contribution in [0.4, 0.5) is 0 Å². The molecule has 1 unspecified atom stereocenters. The summed E-state index contributed by atoms with van der Waals surface area (Å²) in [6.45, 7) is 13.2. The van der Waals surface area contributed by atoms with Crippen molar-refractivity contribution in [1.29, 1.82) is 0 Å². The molecular weight excluding hydrogens is 186 g/mol. The van der Waals surface area contributed by atoms with Gasteiger partial charge in [-0.15, -0.1) is 0 Å². The Morgan fingerprint density at radius 3 is 1.87 bits per heavy atom. The zero-order valence-corrected chi connectivity index (χ0v) is 11.2. The molecule has 2 heteroatoms. The van der Waals surface area contributed by atoms with E-state index in [0.717, 1.165) is 25.9 Å². The third-order valence-corrected chi connectivity index (χ3v) is 3.05. The van der Waals surface area contributed by atoms with Crippen molar-refractivity contribution in [3.8, 4) is 0 Å². The van der Waals surface area contributed by atoms with Gasteiger partial charge in [-0.2, -0.15) is 0 Å². The summed E-state index contributed by atoms with van der Waals surface area (Å²) in [4.78, 5) is 2.51. The van der Waals surface area contributed by atoms with Gasteiger partial charge in [-0.1, -0.05) is 20.8 Å². The lowest BCUT2D eigenvalue weighted by atomic mass is 9.93. The lowest BCUT2D eigenvalue weighted by Gasteiger charge is -2.39.